The molecule has 0 radical (unpaired) electrons. The zero-order valence-corrected chi connectivity index (χ0v) is 17.9. The van der Waals surface area contributed by atoms with Crippen LogP contribution < -0.4 is 0 Å². The first-order valence-electron chi connectivity index (χ1n) is 10.0. The minimum absolute atomic E-state index is 0.0425. The van der Waals surface area contributed by atoms with E-state index in [1.807, 2.05) is 6.92 Å². The van der Waals surface area contributed by atoms with E-state index < -0.39 is 0 Å². The summed E-state index contributed by atoms with van der Waals surface area (Å²) in [5.74, 6) is -0.596. The molecule has 0 aromatic heterocycles. The highest BCUT2D eigenvalue weighted by atomic mass is 16.3. The predicted octanol–water partition coefficient (Wildman–Crippen LogP) is 1.37. The first-order valence-corrected chi connectivity index (χ1v) is 10.0. The van der Waals surface area contributed by atoms with Gasteiger partial charge in [0.1, 0.15) is 0 Å². The summed E-state index contributed by atoms with van der Waals surface area (Å²) in [7, 11) is 0. The van der Waals surface area contributed by atoms with Crippen molar-refractivity contribution in [1.82, 2.24) is 4.90 Å². The summed E-state index contributed by atoms with van der Waals surface area (Å²) in [6.45, 7) is 8.72. The molecule has 0 aromatic carbocycles. The topological polar surface area (TPSA) is 118 Å². The molecular weight excluding hydrogens is 374 g/mol. The molecule has 0 heterocycles. The lowest BCUT2D eigenvalue weighted by Crippen LogP contribution is -2.45. The van der Waals surface area contributed by atoms with Crippen molar-refractivity contribution in [3.63, 3.8) is 0 Å². The lowest BCUT2D eigenvalue weighted by atomic mass is 9.85. The Morgan fingerprint density at radius 1 is 1.00 bits per heavy atom. The van der Waals surface area contributed by atoms with Gasteiger partial charge in [0.25, 0.3) is 0 Å². The molecule has 0 saturated heterocycles. The zero-order chi connectivity index (χ0) is 22.4. The summed E-state index contributed by atoms with van der Waals surface area (Å²) in [6.07, 6.45) is 4.53. The molecule has 0 spiro atoms. The monoisotopic (exact) mass is 411 g/mol. The SMILES string of the molecule is C=C(CCO)C(C)C(C/C(=C/C(=O)/C(C)=C\CCO)CCO)N(CCO)C(C)=O. The van der Waals surface area contributed by atoms with Crippen LogP contribution in [0.3, 0.4) is 0 Å². The van der Waals surface area contributed by atoms with Gasteiger partial charge in [0, 0.05) is 39.3 Å². The Kier molecular flexibility index (Phi) is 14.2. The molecule has 0 aliphatic heterocycles. The van der Waals surface area contributed by atoms with Gasteiger partial charge in [0.15, 0.2) is 5.78 Å². The Morgan fingerprint density at radius 3 is 2.10 bits per heavy atom. The molecule has 0 bridgehead atoms. The average molecular weight is 412 g/mol. The summed E-state index contributed by atoms with van der Waals surface area (Å²) >= 11 is 0. The number of rotatable bonds is 15. The number of carbonyl (C=O) groups excluding carboxylic acids is 2. The molecule has 0 rings (SSSR count). The normalized spacial score (nSPS) is 14.4. The molecule has 0 aliphatic rings. The van der Waals surface area contributed by atoms with E-state index in [2.05, 4.69) is 6.58 Å². The summed E-state index contributed by atoms with van der Waals surface area (Å²) in [5, 5.41) is 37.0. The second-order valence-corrected chi connectivity index (χ2v) is 7.17. The number of hydrogen-bond donors (Lipinski definition) is 4. The number of aliphatic hydroxyl groups excluding tert-OH is 4. The first-order chi connectivity index (χ1) is 13.7. The third-order valence-electron chi connectivity index (χ3n) is 5.01. The molecule has 4 N–H and O–H groups in total. The fraction of sp³-hybridized carbons (Fsp3) is 0.636. The number of ketones is 1. The minimum atomic E-state index is -0.369. The van der Waals surface area contributed by atoms with Gasteiger partial charge < -0.3 is 25.3 Å². The third-order valence-corrected chi connectivity index (χ3v) is 5.01. The second-order valence-electron chi connectivity index (χ2n) is 7.17. The Morgan fingerprint density at radius 2 is 1.62 bits per heavy atom. The molecular formula is C22H37NO6. The van der Waals surface area contributed by atoms with Crippen LogP contribution in [0.15, 0.2) is 35.5 Å². The molecule has 29 heavy (non-hydrogen) atoms. The minimum Gasteiger partial charge on any atom is -0.396 e. The lowest BCUT2D eigenvalue weighted by Gasteiger charge is -2.36. The van der Waals surface area contributed by atoms with Crippen LogP contribution in [-0.4, -0.2) is 76.0 Å². The van der Waals surface area contributed by atoms with Crippen LogP contribution in [0, 0.1) is 5.92 Å². The largest absolute Gasteiger partial charge is 0.396 e. The Labute approximate surface area is 174 Å². The lowest BCUT2D eigenvalue weighted by molar-refractivity contribution is -0.132. The van der Waals surface area contributed by atoms with Gasteiger partial charge in [0.05, 0.1) is 6.61 Å². The van der Waals surface area contributed by atoms with Gasteiger partial charge in [-0.25, -0.2) is 0 Å². The van der Waals surface area contributed by atoms with Crippen LogP contribution >= 0.6 is 0 Å². The molecule has 7 heteroatoms. The molecule has 0 aliphatic carbocycles. The zero-order valence-electron chi connectivity index (χ0n) is 17.9. The molecule has 2 atom stereocenters. The Balaban J connectivity index is 5.86. The van der Waals surface area contributed by atoms with Crippen molar-refractivity contribution >= 4 is 11.7 Å². The predicted molar refractivity (Wildman–Crippen MR) is 113 cm³/mol. The summed E-state index contributed by atoms with van der Waals surface area (Å²) in [5.41, 5.74) is 1.96. The van der Waals surface area contributed by atoms with Gasteiger partial charge in [-0.15, -0.1) is 0 Å². The number of aliphatic hydroxyl groups is 4. The fourth-order valence-electron chi connectivity index (χ4n) is 3.19. The molecule has 7 nitrogen and oxygen atoms in total. The van der Waals surface area contributed by atoms with E-state index in [4.69, 9.17) is 5.11 Å². The molecule has 0 aromatic rings. The van der Waals surface area contributed by atoms with Crippen molar-refractivity contribution in [2.75, 3.05) is 33.0 Å². The number of allylic oxidation sites excluding steroid dienone is 2. The van der Waals surface area contributed by atoms with Gasteiger partial charge in [-0.1, -0.05) is 30.7 Å². The molecule has 0 saturated carbocycles. The first kappa shape index (κ1) is 27.2. The van der Waals surface area contributed by atoms with Crippen molar-refractivity contribution < 1.29 is 30.0 Å². The number of hydrogen-bond acceptors (Lipinski definition) is 6. The molecule has 1 amide bonds. The summed E-state index contributed by atoms with van der Waals surface area (Å²) in [4.78, 5) is 26.2. The quantitative estimate of drug-likeness (QED) is 0.239. The van der Waals surface area contributed by atoms with Gasteiger partial charge in [-0.2, -0.15) is 0 Å². The maximum Gasteiger partial charge on any atom is 0.219 e. The van der Waals surface area contributed by atoms with Gasteiger partial charge in [-0.3, -0.25) is 9.59 Å². The smallest absolute Gasteiger partial charge is 0.219 e. The summed E-state index contributed by atoms with van der Waals surface area (Å²) in [6, 6.07) is -0.369. The van der Waals surface area contributed by atoms with E-state index in [1.54, 1.807) is 17.9 Å². The highest BCUT2D eigenvalue weighted by Crippen LogP contribution is 2.27. The van der Waals surface area contributed by atoms with Crippen LogP contribution in [0.4, 0.5) is 0 Å². The van der Waals surface area contributed by atoms with Crippen LogP contribution in [0.2, 0.25) is 0 Å². The Hall–Kier alpha value is -1.80. The van der Waals surface area contributed by atoms with Gasteiger partial charge in [0.2, 0.25) is 5.91 Å². The fourth-order valence-corrected chi connectivity index (χ4v) is 3.19. The molecule has 0 fully saturated rings. The van der Waals surface area contributed by atoms with E-state index in [-0.39, 0.29) is 63.0 Å². The maximum absolute atomic E-state index is 12.5. The van der Waals surface area contributed by atoms with Crippen LogP contribution in [-0.2, 0) is 9.59 Å². The van der Waals surface area contributed by atoms with E-state index >= 15 is 0 Å². The van der Waals surface area contributed by atoms with E-state index in [0.717, 1.165) is 5.57 Å². The average Bonchev–Trinajstić information content (AvgIpc) is 2.68. The highest BCUT2D eigenvalue weighted by molar-refractivity contribution is 6.03. The number of nitrogens with zero attached hydrogens (tertiary/aromatic N) is 1. The van der Waals surface area contributed by atoms with Crippen molar-refractivity contribution in [2.45, 2.75) is 52.5 Å². The van der Waals surface area contributed by atoms with Crippen LogP contribution in [0.25, 0.3) is 0 Å². The van der Waals surface area contributed by atoms with Crippen LogP contribution in [0.5, 0.6) is 0 Å². The third kappa shape index (κ3) is 9.99. The van der Waals surface area contributed by atoms with E-state index in [0.29, 0.717) is 30.4 Å². The molecule has 2 unspecified atom stereocenters. The van der Waals surface area contributed by atoms with Gasteiger partial charge in [-0.05, 0) is 50.2 Å². The van der Waals surface area contributed by atoms with E-state index in [9.17, 15) is 24.9 Å². The molecule has 166 valence electrons. The van der Waals surface area contributed by atoms with E-state index in [1.165, 1.54) is 13.0 Å². The standard InChI is InChI=1S/C22H37NO6/c1-16(7-11-25)18(3)21(23(9-13-27)19(4)28)14-20(8-12-26)15-22(29)17(2)6-5-10-24/h6,15,18,21,24-27H,1,5,7-14H2,2-4H3/b17-6-,20-15+. The van der Waals surface area contributed by atoms with Crippen molar-refractivity contribution in [3.05, 3.63) is 35.5 Å². The highest BCUT2D eigenvalue weighted by Gasteiger charge is 2.28. The second kappa shape index (κ2) is 15.1. The van der Waals surface area contributed by atoms with Gasteiger partial charge >= 0.3 is 0 Å². The maximum atomic E-state index is 12.5. The number of amides is 1. The van der Waals surface area contributed by atoms with Crippen molar-refractivity contribution in [2.24, 2.45) is 5.92 Å². The van der Waals surface area contributed by atoms with Crippen molar-refractivity contribution in [1.29, 1.82) is 0 Å². The Bertz CT molecular complexity index is 596. The van der Waals surface area contributed by atoms with Crippen LogP contribution in [0.1, 0.15) is 46.5 Å². The number of carbonyl (C=O) groups is 2. The summed E-state index contributed by atoms with van der Waals surface area (Å²) < 4.78 is 0. The van der Waals surface area contributed by atoms with Crippen molar-refractivity contribution in [3.8, 4) is 0 Å².